The van der Waals surface area contributed by atoms with Gasteiger partial charge in [0, 0.05) is 5.56 Å². The van der Waals surface area contributed by atoms with Crippen molar-refractivity contribution in [3.8, 4) is 5.75 Å². The van der Waals surface area contributed by atoms with Crippen LogP contribution in [0.25, 0.3) is 0 Å². The number of rotatable bonds is 7. The van der Waals surface area contributed by atoms with Gasteiger partial charge in [0.1, 0.15) is 5.75 Å². The third-order valence-corrected chi connectivity index (χ3v) is 4.14. The van der Waals surface area contributed by atoms with Gasteiger partial charge < -0.3 is 13.8 Å². The lowest BCUT2D eigenvalue weighted by Gasteiger charge is -2.15. The van der Waals surface area contributed by atoms with Gasteiger partial charge in [0.2, 0.25) is 0 Å². The molecule has 5 nitrogen and oxygen atoms in total. The van der Waals surface area contributed by atoms with Crippen LogP contribution in [0.3, 0.4) is 0 Å². The van der Waals surface area contributed by atoms with Crippen LogP contribution < -0.4 is 4.74 Å². The molecule has 0 atom stereocenters. The average Bonchev–Trinajstić information content (AvgIpc) is 2.38. The van der Waals surface area contributed by atoms with Crippen LogP contribution in [0.2, 0.25) is 0 Å². The number of methoxy groups -OCH3 is 1. The van der Waals surface area contributed by atoms with Crippen LogP contribution in [-0.2, 0) is 13.6 Å². The molecule has 18 heavy (non-hydrogen) atoms. The standard InChI is InChI=1S/C12H17O5P/c1-4-16-18(14,17-5-2)12(13)10-6-8-11(15-3)9-7-10/h6-9H,4-5H2,1-3H3. The number of hydrogen-bond acceptors (Lipinski definition) is 5. The van der Waals surface area contributed by atoms with E-state index in [0.717, 1.165) is 0 Å². The summed E-state index contributed by atoms with van der Waals surface area (Å²) in [6, 6.07) is 6.31. The fourth-order valence-corrected chi connectivity index (χ4v) is 2.84. The number of ether oxygens (including phenoxy) is 1. The summed E-state index contributed by atoms with van der Waals surface area (Å²) in [4.78, 5) is 12.1. The molecule has 0 radical (unpaired) electrons. The summed E-state index contributed by atoms with van der Waals surface area (Å²) < 4.78 is 27.2. The molecule has 0 aliphatic carbocycles. The Morgan fingerprint density at radius 2 is 1.61 bits per heavy atom. The molecule has 0 unspecified atom stereocenters. The highest BCUT2D eigenvalue weighted by atomic mass is 31.2. The molecule has 0 heterocycles. The van der Waals surface area contributed by atoms with Crippen molar-refractivity contribution in [3.05, 3.63) is 29.8 Å². The minimum absolute atomic E-state index is 0.152. The van der Waals surface area contributed by atoms with E-state index in [1.54, 1.807) is 26.0 Å². The molecule has 0 saturated heterocycles. The SMILES string of the molecule is CCOP(=O)(OCC)C(=O)c1ccc(OC)cc1. The average molecular weight is 272 g/mol. The molecule has 0 aromatic heterocycles. The van der Waals surface area contributed by atoms with E-state index < -0.39 is 13.1 Å². The lowest BCUT2D eigenvalue weighted by molar-refractivity contribution is 0.100. The zero-order chi connectivity index (χ0) is 13.6. The first-order valence-electron chi connectivity index (χ1n) is 5.65. The quantitative estimate of drug-likeness (QED) is 0.714. The summed E-state index contributed by atoms with van der Waals surface area (Å²) >= 11 is 0. The van der Waals surface area contributed by atoms with Gasteiger partial charge in [-0.25, -0.2) is 0 Å². The van der Waals surface area contributed by atoms with Crippen molar-refractivity contribution in [2.75, 3.05) is 20.3 Å². The van der Waals surface area contributed by atoms with Crippen LogP contribution in [-0.4, -0.2) is 25.8 Å². The Morgan fingerprint density at radius 3 is 2.00 bits per heavy atom. The van der Waals surface area contributed by atoms with Gasteiger partial charge >= 0.3 is 7.60 Å². The molecular formula is C12H17O5P. The molecule has 0 spiro atoms. The summed E-state index contributed by atoms with van der Waals surface area (Å²) in [6.07, 6.45) is 0. The normalized spacial score (nSPS) is 11.3. The first-order valence-corrected chi connectivity index (χ1v) is 7.19. The predicted octanol–water partition coefficient (Wildman–Crippen LogP) is 3.10. The molecule has 1 aromatic rings. The number of benzene rings is 1. The number of hydrogen-bond donors (Lipinski definition) is 0. The minimum Gasteiger partial charge on any atom is -0.497 e. The zero-order valence-corrected chi connectivity index (χ0v) is 11.6. The Kier molecular flexibility index (Phi) is 5.54. The maximum atomic E-state index is 12.2. The van der Waals surface area contributed by atoms with Crippen LogP contribution in [0.1, 0.15) is 24.2 Å². The highest BCUT2D eigenvalue weighted by molar-refractivity contribution is 7.72. The molecule has 0 fully saturated rings. The molecule has 1 rings (SSSR count). The van der Waals surface area contributed by atoms with Crippen molar-refractivity contribution in [2.24, 2.45) is 0 Å². The van der Waals surface area contributed by atoms with Crippen LogP contribution in [0.15, 0.2) is 24.3 Å². The summed E-state index contributed by atoms with van der Waals surface area (Å²) in [5.41, 5.74) is -0.352. The van der Waals surface area contributed by atoms with Gasteiger partial charge in [0.25, 0.3) is 5.52 Å². The maximum absolute atomic E-state index is 12.2. The maximum Gasteiger partial charge on any atom is 0.401 e. The van der Waals surface area contributed by atoms with Gasteiger partial charge in [-0.05, 0) is 38.1 Å². The van der Waals surface area contributed by atoms with Gasteiger partial charge in [0.05, 0.1) is 20.3 Å². The van der Waals surface area contributed by atoms with Crippen LogP contribution in [0, 0.1) is 0 Å². The van der Waals surface area contributed by atoms with Gasteiger partial charge in [-0.15, -0.1) is 0 Å². The lowest BCUT2D eigenvalue weighted by Crippen LogP contribution is -2.07. The number of carbonyl (C=O) groups is 1. The van der Waals surface area contributed by atoms with Crippen molar-refractivity contribution in [3.63, 3.8) is 0 Å². The molecule has 0 aliphatic heterocycles. The highest BCUT2D eigenvalue weighted by Crippen LogP contribution is 2.51. The first-order chi connectivity index (χ1) is 8.57. The van der Waals surface area contributed by atoms with Crippen LogP contribution >= 0.6 is 7.60 Å². The minimum atomic E-state index is -3.74. The Hall–Kier alpha value is -1.16. The molecule has 0 saturated carbocycles. The van der Waals surface area contributed by atoms with Crippen molar-refractivity contribution in [2.45, 2.75) is 13.8 Å². The smallest absolute Gasteiger partial charge is 0.401 e. The second kappa shape index (κ2) is 6.69. The van der Waals surface area contributed by atoms with E-state index >= 15 is 0 Å². The van der Waals surface area contributed by atoms with E-state index in [1.165, 1.54) is 19.2 Å². The summed E-state index contributed by atoms with van der Waals surface area (Å²) in [7, 11) is -2.21. The molecule has 6 heteroatoms. The molecule has 0 N–H and O–H groups in total. The Bertz CT molecular complexity index is 430. The second-order valence-corrected chi connectivity index (χ2v) is 5.28. The third-order valence-electron chi connectivity index (χ3n) is 2.18. The van der Waals surface area contributed by atoms with Crippen molar-refractivity contribution < 1.29 is 23.1 Å². The van der Waals surface area contributed by atoms with E-state index in [0.29, 0.717) is 5.75 Å². The van der Waals surface area contributed by atoms with Gasteiger partial charge in [0.15, 0.2) is 0 Å². The fraction of sp³-hybridized carbons (Fsp3) is 0.417. The Balaban J connectivity index is 2.98. The molecular weight excluding hydrogens is 255 g/mol. The Morgan fingerprint density at radius 1 is 1.11 bits per heavy atom. The lowest BCUT2D eigenvalue weighted by atomic mass is 10.2. The van der Waals surface area contributed by atoms with Gasteiger partial charge in [-0.2, -0.15) is 0 Å². The molecule has 1 aromatic carbocycles. The van der Waals surface area contributed by atoms with Gasteiger partial charge in [-0.3, -0.25) is 9.36 Å². The monoisotopic (exact) mass is 272 g/mol. The van der Waals surface area contributed by atoms with Gasteiger partial charge in [-0.1, -0.05) is 0 Å². The fourth-order valence-electron chi connectivity index (χ4n) is 1.39. The molecule has 0 aliphatic rings. The third kappa shape index (κ3) is 3.42. The summed E-state index contributed by atoms with van der Waals surface area (Å²) in [6.45, 7) is 3.62. The van der Waals surface area contributed by atoms with Crippen molar-refractivity contribution >= 4 is 13.1 Å². The van der Waals surface area contributed by atoms with E-state index in [4.69, 9.17) is 13.8 Å². The van der Waals surface area contributed by atoms with Crippen LogP contribution in [0.4, 0.5) is 0 Å². The predicted molar refractivity (Wildman–Crippen MR) is 68.2 cm³/mol. The van der Waals surface area contributed by atoms with Crippen molar-refractivity contribution in [1.29, 1.82) is 0 Å². The first kappa shape index (κ1) is 14.9. The van der Waals surface area contributed by atoms with Crippen molar-refractivity contribution in [1.82, 2.24) is 0 Å². The Labute approximate surface area is 107 Å². The highest BCUT2D eigenvalue weighted by Gasteiger charge is 2.34. The summed E-state index contributed by atoms with van der Waals surface area (Å²) in [5.74, 6) is 0.620. The van der Waals surface area contributed by atoms with E-state index in [9.17, 15) is 9.36 Å². The van der Waals surface area contributed by atoms with E-state index in [2.05, 4.69) is 0 Å². The van der Waals surface area contributed by atoms with E-state index in [1.807, 2.05) is 0 Å². The topological polar surface area (TPSA) is 61.8 Å². The second-order valence-electron chi connectivity index (χ2n) is 3.37. The van der Waals surface area contributed by atoms with Crippen LogP contribution in [0.5, 0.6) is 5.75 Å². The number of carbonyl (C=O) groups excluding carboxylic acids is 1. The molecule has 100 valence electrons. The molecule has 0 bridgehead atoms. The van der Waals surface area contributed by atoms with E-state index in [-0.39, 0.29) is 18.8 Å². The zero-order valence-electron chi connectivity index (χ0n) is 10.7. The summed E-state index contributed by atoms with van der Waals surface area (Å²) in [5, 5.41) is 0. The largest absolute Gasteiger partial charge is 0.497 e. The molecule has 0 amide bonds.